The molecule has 1 aromatic carbocycles. The molecule has 0 radical (unpaired) electrons. The molecule has 1 aromatic rings. The van der Waals surface area contributed by atoms with Gasteiger partial charge in [0.05, 0.1) is 11.5 Å². The summed E-state index contributed by atoms with van der Waals surface area (Å²) in [5.74, 6) is -0.917. The zero-order valence-corrected chi connectivity index (χ0v) is 8.67. The van der Waals surface area contributed by atoms with Gasteiger partial charge in [0.2, 0.25) is 0 Å². The minimum atomic E-state index is -0.682. The lowest BCUT2D eigenvalue weighted by molar-refractivity contribution is -0.385. The summed E-state index contributed by atoms with van der Waals surface area (Å²) in [5.41, 5.74) is 4.84. The lowest BCUT2D eigenvalue weighted by atomic mass is 10.3. The molecule has 3 N–H and O–H groups in total. The fourth-order valence-electron chi connectivity index (χ4n) is 1.07. The molecule has 8 heteroatoms. The molecule has 0 aliphatic rings. The van der Waals surface area contributed by atoms with Crippen LogP contribution in [-0.2, 0) is 0 Å². The molecule has 0 spiro atoms. The highest BCUT2D eigenvalue weighted by molar-refractivity contribution is 5.79. The van der Waals surface area contributed by atoms with Crippen LogP contribution in [0.4, 0.5) is 10.1 Å². The largest absolute Gasteiger partial charge is 0.486 e. The molecule has 0 saturated carbocycles. The number of nitro benzene ring substituents is 1. The summed E-state index contributed by atoms with van der Waals surface area (Å²) >= 11 is 0. The van der Waals surface area contributed by atoms with Gasteiger partial charge in [0.25, 0.3) is 0 Å². The maximum Gasteiger partial charge on any atom is 0.311 e. The summed E-state index contributed by atoms with van der Waals surface area (Å²) in [6, 6.07) is 2.88. The second-order valence-corrected chi connectivity index (χ2v) is 3.06. The van der Waals surface area contributed by atoms with Gasteiger partial charge in [-0.3, -0.25) is 10.1 Å². The third-order valence-corrected chi connectivity index (χ3v) is 1.86. The third-order valence-electron chi connectivity index (χ3n) is 1.86. The van der Waals surface area contributed by atoms with E-state index in [4.69, 9.17) is 15.7 Å². The molecule has 7 nitrogen and oxygen atoms in total. The van der Waals surface area contributed by atoms with E-state index in [0.717, 1.165) is 18.2 Å². The molecule has 0 atom stereocenters. The normalized spacial score (nSPS) is 11.2. The van der Waals surface area contributed by atoms with E-state index >= 15 is 0 Å². The Morgan fingerprint density at radius 3 is 2.94 bits per heavy atom. The standard InChI is InChI=1S/C9H10FN3O4/c10-6-1-2-7(13(15)16)8(5-6)17-4-3-9(11)12-14/h1-2,5,14H,3-4H2,(H2,11,12). The molecule has 0 saturated heterocycles. The van der Waals surface area contributed by atoms with E-state index < -0.39 is 10.7 Å². The quantitative estimate of drug-likeness (QED) is 0.266. The van der Waals surface area contributed by atoms with E-state index in [1.54, 1.807) is 0 Å². The van der Waals surface area contributed by atoms with Crippen LogP contribution in [0.2, 0.25) is 0 Å². The number of halogens is 1. The Bertz CT molecular complexity index is 450. The smallest absolute Gasteiger partial charge is 0.311 e. The van der Waals surface area contributed by atoms with Gasteiger partial charge in [-0.25, -0.2) is 4.39 Å². The number of benzene rings is 1. The van der Waals surface area contributed by atoms with Gasteiger partial charge in [-0.1, -0.05) is 5.16 Å². The number of hydrogen-bond donors (Lipinski definition) is 2. The summed E-state index contributed by atoms with van der Waals surface area (Å²) in [6.45, 7) is -0.0554. The van der Waals surface area contributed by atoms with Crippen molar-refractivity contribution < 1.29 is 19.3 Å². The zero-order valence-electron chi connectivity index (χ0n) is 8.67. The average Bonchev–Trinajstić information content (AvgIpc) is 2.28. The van der Waals surface area contributed by atoms with Crippen LogP contribution in [0.3, 0.4) is 0 Å². The molecule has 17 heavy (non-hydrogen) atoms. The number of hydrogen-bond acceptors (Lipinski definition) is 5. The second kappa shape index (κ2) is 5.64. The van der Waals surface area contributed by atoms with E-state index in [1.165, 1.54) is 0 Å². The molecule has 0 heterocycles. The van der Waals surface area contributed by atoms with Gasteiger partial charge in [0.1, 0.15) is 11.7 Å². The fraction of sp³-hybridized carbons (Fsp3) is 0.222. The number of ether oxygens (including phenoxy) is 1. The van der Waals surface area contributed by atoms with Crippen molar-refractivity contribution in [2.45, 2.75) is 6.42 Å². The first kappa shape index (κ1) is 12.7. The van der Waals surface area contributed by atoms with Gasteiger partial charge in [0.15, 0.2) is 5.75 Å². The first-order valence-electron chi connectivity index (χ1n) is 4.57. The van der Waals surface area contributed by atoms with E-state index in [0.29, 0.717) is 0 Å². The van der Waals surface area contributed by atoms with Gasteiger partial charge in [-0.05, 0) is 6.07 Å². The van der Waals surface area contributed by atoms with Gasteiger partial charge in [0, 0.05) is 18.6 Å². The molecule has 0 bridgehead atoms. The lowest BCUT2D eigenvalue weighted by Gasteiger charge is -2.05. The topological polar surface area (TPSA) is 111 Å². The maximum absolute atomic E-state index is 12.9. The van der Waals surface area contributed by atoms with Crippen LogP contribution < -0.4 is 10.5 Å². The minimum absolute atomic E-state index is 0.0554. The molecular formula is C9H10FN3O4. The highest BCUT2D eigenvalue weighted by Crippen LogP contribution is 2.27. The predicted octanol–water partition coefficient (Wildman–Crippen LogP) is 1.25. The first-order valence-corrected chi connectivity index (χ1v) is 4.57. The number of nitrogens with zero attached hydrogens (tertiary/aromatic N) is 2. The van der Waals surface area contributed by atoms with E-state index in [2.05, 4.69) is 5.16 Å². The van der Waals surface area contributed by atoms with E-state index in [1.807, 2.05) is 0 Å². The second-order valence-electron chi connectivity index (χ2n) is 3.06. The maximum atomic E-state index is 12.9. The molecular weight excluding hydrogens is 233 g/mol. The molecule has 1 rings (SSSR count). The zero-order chi connectivity index (χ0) is 12.8. The van der Waals surface area contributed by atoms with Crippen molar-refractivity contribution in [3.8, 4) is 5.75 Å². The summed E-state index contributed by atoms with van der Waals surface area (Å²) < 4.78 is 17.9. The Hall–Kier alpha value is -2.38. The number of rotatable bonds is 5. The van der Waals surface area contributed by atoms with E-state index in [9.17, 15) is 14.5 Å². The van der Waals surface area contributed by atoms with Crippen LogP contribution in [0, 0.1) is 15.9 Å². The SMILES string of the molecule is N/C(CCOc1cc(F)ccc1[N+](=O)[O-])=N\O. The number of oxime groups is 1. The summed E-state index contributed by atoms with van der Waals surface area (Å²) in [7, 11) is 0. The molecule has 0 fully saturated rings. The van der Waals surface area contributed by atoms with Crippen molar-refractivity contribution in [2.75, 3.05) is 6.61 Å². The van der Waals surface area contributed by atoms with Crippen molar-refractivity contribution in [2.24, 2.45) is 10.9 Å². The Morgan fingerprint density at radius 1 is 1.65 bits per heavy atom. The van der Waals surface area contributed by atoms with Crippen molar-refractivity contribution in [3.63, 3.8) is 0 Å². The Labute approximate surface area is 95.4 Å². The monoisotopic (exact) mass is 243 g/mol. The summed E-state index contributed by atoms with van der Waals surface area (Å²) in [4.78, 5) is 9.92. The highest BCUT2D eigenvalue weighted by atomic mass is 19.1. The van der Waals surface area contributed by atoms with Gasteiger partial charge < -0.3 is 15.7 Å². The highest BCUT2D eigenvalue weighted by Gasteiger charge is 2.15. The lowest BCUT2D eigenvalue weighted by Crippen LogP contribution is -2.15. The Kier molecular flexibility index (Phi) is 4.21. The van der Waals surface area contributed by atoms with Crippen molar-refractivity contribution in [1.29, 1.82) is 0 Å². The van der Waals surface area contributed by atoms with Gasteiger partial charge in [-0.2, -0.15) is 0 Å². The number of nitro groups is 1. The Morgan fingerprint density at radius 2 is 2.35 bits per heavy atom. The van der Waals surface area contributed by atoms with Crippen molar-refractivity contribution >= 4 is 11.5 Å². The molecule has 0 aliphatic carbocycles. The summed E-state index contributed by atoms with van der Waals surface area (Å²) in [6.07, 6.45) is 0.0736. The Balaban J connectivity index is 2.75. The molecule has 92 valence electrons. The molecule has 0 unspecified atom stereocenters. The molecule has 0 aromatic heterocycles. The van der Waals surface area contributed by atoms with Crippen LogP contribution in [0.15, 0.2) is 23.4 Å². The predicted molar refractivity (Wildman–Crippen MR) is 56.6 cm³/mol. The molecule has 0 aliphatic heterocycles. The van der Waals surface area contributed by atoms with Crippen molar-refractivity contribution in [1.82, 2.24) is 0 Å². The average molecular weight is 243 g/mol. The van der Waals surface area contributed by atoms with Crippen LogP contribution in [0.25, 0.3) is 0 Å². The van der Waals surface area contributed by atoms with Crippen LogP contribution in [-0.4, -0.2) is 22.6 Å². The molecule has 0 amide bonds. The number of nitrogens with two attached hydrogens (primary N) is 1. The van der Waals surface area contributed by atoms with Crippen LogP contribution in [0.1, 0.15) is 6.42 Å². The third kappa shape index (κ3) is 3.59. The van der Waals surface area contributed by atoms with Crippen molar-refractivity contribution in [3.05, 3.63) is 34.1 Å². The van der Waals surface area contributed by atoms with Gasteiger partial charge >= 0.3 is 5.69 Å². The van der Waals surface area contributed by atoms with E-state index in [-0.39, 0.29) is 30.3 Å². The van der Waals surface area contributed by atoms with Gasteiger partial charge in [-0.15, -0.1) is 0 Å². The van der Waals surface area contributed by atoms with Crippen LogP contribution in [0.5, 0.6) is 5.75 Å². The van der Waals surface area contributed by atoms with Crippen LogP contribution >= 0.6 is 0 Å². The minimum Gasteiger partial charge on any atom is -0.486 e. The number of amidine groups is 1. The fourth-order valence-corrected chi connectivity index (χ4v) is 1.07. The summed E-state index contributed by atoms with van der Waals surface area (Å²) in [5, 5.41) is 21.6. The first-order chi connectivity index (χ1) is 8.04.